The number of hydrogen-bond donors (Lipinski definition) is 0. The molecule has 0 bridgehead atoms. The summed E-state index contributed by atoms with van der Waals surface area (Å²) in [6.07, 6.45) is -1.82. The van der Waals surface area contributed by atoms with Crippen LogP contribution in [-0.4, -0.2) is 4.98 Å². The molecule has 2 nitrogen and oxygen atoms in total. The summed E-state index contributed by atoms with van der Waals surface area (Å²) in [5.41, 5.74) is -0.768. The van der Waals surface area contributed by atoms with Crippen LogP contribution in [-0.2, 0) is 6.67 Å². The minimum atomic E-state index is -2.78. The summed E-state index contributed by atoms with van der Waals surface area (Å²) >= 11 is 0. The Bertz CT molecular complexity index is 344. The molecule has 1 aromatic rings. The first-order valence-corrected chi connectivity index (χ1v) is 3.42. The van der Waals surface area contributed by atoms with Crippen LogP contribution in [0.4, 0.5) is 13.2 Å². The average molecular weight is 186 g/mol. The largest absolute Gasteiger partial charge is 0.264 e. The quantitative estimate of drug-likeness (QED) is 0.710. The summed E-state index contributed by atoms with van der Waals surface area (Å²) in [6, 6.07) is 2.51. The summed E-state index contributed by atoms with van der Waals surface area (Å²) in [5, 5.41) is 8.36. The van der Waals surface area contributed by atoms with Crippen molar-refractivity contribution < 1.29 is 13.2 Å². The zero-order chi connectivity index (χ0) is 9.84. The summed E-state index contributed by atoms with van der Waals surface area (Å²) in [7, 11) is 0. The van der Waals surface area contributed by atoms with Crippen LogP contribution in [0.3, 0.4) is 0 Å². The Morgan fingerprint density at radius 1 is 1.54 bits per heavy atom. The Balaban J connectivity index is 3.20. The highest BCUT2D eigenvalue weighted by Gasteiger charge is 2.14. The highest BCUT2D eigenvalue weighted by Crippen LogP contribution is 2.23. The van der Waals surface area contributed by atoms with E-state index in [9.17, 15) is 13.2 Å². The van der Waals surface area contributed by atoms with Crippen LogP contribution in [0, 0.1) is 11.3 Å². The van der Waals surface area contributed by atoms with Gasteiger partial charge in [0.1, 0.15) is 18.4 Å². The molecule has 1 aromatic heterocycles. The molecule has 13 heavy (non-hydrogen) atoms. The van der Waals surface area contributed by atoms with Gasteiger partial charge in [-0.3, -0.25) is 0 Å². The molecule has 0 unspecified atom stereocenters. The van der Waals surface area contributed by atoms with E-state index < -0.39 is 18.7 Å². The van der Waals surface area contributed by atoms with E-state index in [0.29, 0.717) is 0 Å². The third-order valence-corrected chi connectivity index (χ3v) is 1.52. The van der Waals surface area contributed by atoms with E-state index in [4.69, 9.17) is 5.26 Å². The Morgan fingerprint density at radius 2 is 2.23 bits per heavy atom. The second-order valence-electron chi connectivity index (χ2n) is 2.31. The molecule has 0 saturated carbocycles. The first-order chi connectivity index (χ1) is 6.19. The van der Waals surface area contributed by atoms with E-state index in [1.54, 1.807) is 6.07 Å². The normalized spacial score (nSPS) is 10.1. The van der Waals surface area contributed by atoms with Crippen molar-refractivity contribution >= 4 is 0 Å². The van der Waals surface area contributed by atoms with Crippen LogP contribution in [0.5, 0.6) is 0 Å². The van der Waals surface area contributed by atoms with E-state index in [1.807, 2.05) is 0 Å². The zero-order valence-corrected chi connectivity index (χ0v) is 6.47. The highest BCUT2D eigenvalue weighted by molar-refractivity contribution is 5.32. The van der Waals surface area contributed by atoms with Gasteiger partial charge in [-0.05, 0) is 6.07 Å². The second-order valence-corrected chi connectivity index (χ2v) is 2.31. The van der Waals surface area contributed by atoms with Gasteiger partial charge in [0.15, 0.2) is 0 Å². The number of nitrogens with zero attached hydrogens (tertiary/aromatic N) is 2. The van der Waals surface area contributed by atoms with Crippen LogP contribution >= 0.6 is 0 Å². The molecule has 0 spiro atoms. The predicted molar refractivity (Wildman–Crippen MR) is 38.7 cm³/mol. The van der Waals surface area contributed by atoms with Crippen molar-refractivity contribution in [3.05, 3.63) is 29.1 Å². The predicted octanol–water partition coefficient (Wildman–Crippen LogP) is 2.36. The van der Waals surface area contributed by atoms with Crippen molar-refractivity contribution in [2.75, 3.05) is 0 Å². The van der Waals surface area contributed by atoms with Crippen molar-refractivity contribution in [2.24, 2.45) is 0 Å². The van der Waals surface area contributed by atoms with Crippen LogP contribution in [0.2, 0.25) is 0 Å². The second kappa shape index (κ2) is 3.90. The minimum absolute atomic E-state index is 0.132. The SMILES string of the molecule is N#Cc1cc(C(F)F)c(CF)cn1. The molecule has 0 aliphatic rings. The van der Waals surface area contributed by atoms with Crippen molar-refractivity contribution in [1.29, 1.82) is 5.26 Å². The molecular weight excluding hydrogens is 181 g/mol. The molecule has 1 heterocycles. The topological polar surface area (TPSA) is 36.7 Å². The molecular formula is C8H5F3N2. The van der Waals surface area contributed by atoms with Gasteiger partial charge in [0.25, 0.3) is 6.43 Å². The fourth-order valence-corrected chi connectivity index (χ4v) is 0.875. The van der Waals surface area contributed by atoms with Crippen LogP contribution in [0.1, 0.15) is 23.2 Å². The Labute approximate surface area is 72.6 Å². The lowest BCUT2D eigenvalue weighted by Gasteiger charge is -2.04. The summed E-state index contributed by atoms with van der Waals surface area (Å²) in [4.78, 5) is 3.48. The molecule has 1 rings (SSSR count). The van der Waals surface area contributed by atoms with E-state index in [0.717, 1.165) is 12.3 Å². The smallest absolute Gasteiger partial charge is 0.246 e. The standard InChI is InChI=1S/C8H5F3N2/c9-2-5-4-13-6(3-12)1-7(5)8(10)11/h1,4,8H,2H2. The number of pyridine rings is 1. The van der Waals surface area contributed by atoms with Crippen molar-refractivity contribution in [3.8, 4) is 6.07 Å². The Hall–Kier alpha value is -1.57. The highest BCUT2D eigenvalue weighted by atomic mass is 19.3. The maximum absolute atomic E-state index is 12.2. The van der Waals surface area contributed by atoms with Gasteiger partial charge in [0.2, 0.25) is 0 Å². The molecule has 0 amide bonds. The Kier molecular flexibility index (Phi) is 2.85. The molecule has 0 radical (unpaired) electrons. The number of rotatable bonds is 2. The molecule has 0 aromatic carbocycles. The molecule has 0 fully saturated rings. The van der Waals surface area contributed by atoms with Gasteiger partial charge < -0.3 is 0 Å². The molecule has 0 saturated heterocycles. The lowest BCUT2D eigenvalue weighted by molar-refractivity contribution is 0.149. The fourth-order valence-electron chi connectivity index (χ4n) is 0.875. The van der Waals surface area contributed by atoms with Gasteiger partial charge >= 0.3 is 0 Å². The number of halogens is 3. The van der Waals surface area contributed by atoms with Crippen molar-refractivity contribution in [1.82, 2.24) is 4.98 Å². The van der Waals surface area contributed by atoms with Crippen LogP contribution in [0.25, 0.3) is 0 Å². The van der Waals surface area contributed by atoms with Gasteiger partial charge in [-0.15, -0.1) is 0 Å². The van der Waals surface area contributed by atoms with Crippen LogP contribution < -0.4 is 0 Å². The molecule has 0 N–H and O–H groups in total. The van der Waals surface area contributed by atoms with Gasteiger partial charge in [-0.25, -0.2) is 18.2 Å². The van der Waals surface area contributed by atoms with Gasteiger partial charge in [0, 0.05) is 17.3 Å². The lowest BCUT2D eigenvalue weighted by atomic mass is 10.1. The number of hydrogen-bond acceptors (Lipinski definition) is 2. The number of aromatic nitrogens is 1. The molecule has 0 aliphatic heterocycles. The van der Waals surface area contributed by atoms with Crippen LogP contribution in [0.15, 0.2) is 12.3 Å². The first kappa shape index (κ1) is 9.52. The Morgan fingerprint density at radius 3 is 2.69 bits per heavy atom. The maximum atomic E-state index is 12.2. The molecule has 5 heteroatoms. The van der Waals surface area contributed by atoms with Gasteiger partial charge in [-0.1, -0.05) is 0 Å². The third-order valence-electron chi connectivity index (χ3n) is 1.52. The lowest BCUT2D eigenvalue weighted by Crippen LogP contribution is -1.96. The van der Waals surface area contributed by atoms with E-state index in [1.165, 1.54) is 0 Å². The zero-order valence-electron chi connectivity index (χ0n) is 6.47. The van der Waals surface area contributed by atoms with E-state index in [2.05, 4.69) is 4.98 Å². The van der Waals surface area contributed by atoms with E-state index in [-0.39, 0.29) is 11.3 Å². The fraction of sp³-hybridized carbons (Fsp3) is 0.250. The van der Waals surface area contributed by atoms with Gasteiger partial charge in [-0.2, -0.15) is 5.26 Å². The van der Waals surface area contributed by atoms with Crippen molar-refractivity contribution in [2.45, 2.75) is 13.1 Å². The van der Waals surface area contributed by atoms with Gasteiger partial charge in [0.05, 0.1) is 0 Å². The monoisotopic (exact) mass is 186 g/mol. The summed E-state index contributed by atoms with van der Waals surface area (Å²) < 4.78 is 36.6. The molecule has 0 atom stereocenters. The van der Waals surface area contributed by atoms with Crippen molar-refractivity contribution in [3.63, 3.8) is 0 Å². The average Bonchev–Trinajstić information content (AvgIpc) is 2.16. The number of alkyl halides is 3. The summed E-state index contributed by atoms with van der Waals surface area (Å²) in [5.74, 6) is 0. The number of nitriles is 1. The third kappa shape index (κ3) is 1.96. The molecule has 0 aliphatic carbocycles. The minimum Gasteiger partial charge on any atom is -0.246 e. The molecule has 68 valence electrons. The first-order valence-electron chi connectivity index (χ1n) is 3.42. The van der Waals surface area contributed by atoms with E-state index >= 15 is 0 Å². The maximum Gasteiger partial charge on any atom is 0.264 e. The summed E-state index contributed by atoms with van der Waals surface area (Å²) in [6.45, 7) is -1.00.